The molecule has 2 aromatic carbocycles. The zero-order valence-electron chi connectivity index (χ0n) is 15.2. The van der Waals surface area contributed by atoms with Crippen molar-refractivity contribution in [2.24, 2.45) is 0 Å². The minimum atomic E-state index is -0.316. The van der Waals surface area contributed by atoms with E-state index >= 15 is 0 Å². The third kappa shape index (κ3) is 6.51. The second kappa shape index (κ2) is 10.2. The Kier molecular flexibility index (Phi) is 7.14. The van der Waals surface area contributed by atoms with E-state index in [-0.39, 0.29) is 6.03 Å². The number of halogens is 1. The number of urea groups is 1. The van der Waals surface area contributed by atoms with Crippen LogP contribution in [-0.4, -0.2) is 35.6 Å². The number of nitrogens with one attached hydrogen (secondary N) is 2. The van der Waals surface area contributed by atoms with Gasteiger partial charge < -0.3 is 20.1 Å². The summed E-state index contributed by atoms with van der Waals surface area (Å²) in [6, 6.07) is 15.9. The topological polar surface area (TPSA) is 77.4 Å². The molecule has 8 heteroatoms. The molecule has 0 aliphatic carbocycles. The summed E-state index contributed by atoms with van der Waals surface area (Å²) >= 11 is 5.89. The fourth-order valence-electron chi connectivity index (χ4n) is 2.42. The number of amides is 2. The van der Waals surface area contributed by atoms with Crippen LogP contribution in [0.1, 0.15) is 0 Å². The molecule has 0 aliphatic heterocycles. The molecular weight excluding hydrogens is 380 g/mol. The van der Waals surface area contributed by atoms with Crippen LogP contribution in [-0.2, 0) is 6.54 Å². The summed E-state index contributed by atoms with van der Waals surface area (Å²) in [4.78, 5) is 12.0. The van der Waals surface area contributed by atoms with Crippen LogP contribution in [0.3, 0.4) is 0 Å². The molecule has 0 fully saturated rings. The maximum Gasteiger partial charge on any atom is 0.319 e. The number of carbonyl (C=O) groups excluding carboxylic acids is 1. The normalized spacial score (nSPS) is 10.3. The average molecular weight is 401 g/mol. The SMILES string of the molecule is O=C(NCCOc1cccc(Cl)c1)Nc1cccc(OCCn2cccn2)c1. The second-order valence-corrected chi connectivity index (χ2v) is 6.27. The van der Waals surface area contributed by atoms with E-state index in [1.165, 1.54) is 0 Å². The van der Waals surface area contributed by atoms with Gasteiger partial charge in [-0.15, -0.1) is 0 Å². The van der Waals surface area contributed by atoms with Crippen molar-refractivity contribution in [3.63, 3.8) is 0 Å². The fraction of sp³-hybridized carbons (Fsp3) is 0.200. The Balaban J connectivity index is 1.37. The van der Waals surface area contributed by atoms with Crippen molar-refractivity contribution < 1.29 is 14.3 Å². The van der Waals surface area contributed by atoms with Gasteiger partial charge in [-0.1, -0.05) is 23.7 Å². The molecule has 0 radical (unpaired) electrons. The summed E-state index contributed by atoms with van der Waals surface area (Å²) in [5.74, 6) is 1.34. The summed E-state index contributed by atoms with van der Waals surface area (Å²) in [5, 5.41) is 10.2. The van der Waals surface area contributed by atoms with Gasteiger partial charge in [0.2, 0.25) is 0 Å². The number of hydrogen-bond acceptors (Lipinski definition) is 4. The number of benzene rings is 2. The van der Waals surface area contributed by atoms with Gasteiger partial charge >= 0.3 is 6.03 Å². The van der Waals surface area contributed by atoms with Crippen LogP contribution in [0.5, 0.6) is 11.5 Å². The smallest absolute Gasteiger partial charge is 0.319 e. The molecule has 28 heavy (non-hydrogen) atoms. The molecule has 0 unspecified atom stereocenters. The van der Waals surface area contributed by atoms with E-state index in [1.807, 2.05) is 36.5 Å². The lowest BCUT2D eigenvalue weighted by Gasteiger charge is -2.11. The van der Waals surface area contributed by atoms with E-state index in [4.69, 9.17) is 21.1 Å². The first-order chi connectivity index (χ1) is 13.7. The van der Waals surface area contributed by atoms with Crippen molar-refractivity contribution in [3.05, 3.63) is 72.0 Å². The molecule has 146 valence electrons. The standard InChI is InChI=1S/C20H21ClN4O3/c21-16-4-1-6-18(14-16)27-12-9-22-20(26)24-17-5-2-7-19(15-17)28-13-11-25-10-3-8-23-25/h1-8,10,14-15H,9,11-13H2,(H2,22,24,26). The van der Waals surface area contributed by atoms with E-state index in [1.54, 1.807) is 35.1 Å². The summed E-state index contributed by atoms with van der Waals surface area (Å²) in [6.45, 7) is 1.83. The van der Waals surface area contributed by atoms with Gasteiger partial charge in [-0.2, -0.15) is 5.10 Å². The van der Waals surface area contributed by atoms with E-state index in [9.17, 15) is 4.79 Å². The molecule has 0 aliphatic rings. The van der Waals surface area contributed by atoms with Crippen LogP contribution >= 0.6 is 11.6 Å². The molecule has 0 bridgehead atoms. The van der Waals surface area contributed by atoms with Crippen LogP contribution in [0.15, 0.2) is 67.0 Å². The lowest BCUT2D eigenvalue weighted by molar-refractivity contribution is 0.247. The summed E-state index contributed by atoms with van der Waals surface area (Å²) < 4.78 is 13.0. The van der Waals surface area contributed by atoms with Gasteiger partial charge in [0.25, 0.3) is 0 Å². The van der Waals surface area contributed by atoms with Gasteiger partial charge in [-0.25, -0.2) is 4.79 Å². The Hall–Kier alpha value is -3.19. The minimum Gasteiger partial charge on any atom is -0.492 e. The van der Waals surface area contributed by atoms with Gasteiger partial charge in [0.05, 0.1) is 13.1 Å². The lowest BCUT2D eigenvalue weighted by atomic mass is 10.3. The van der Waals surface area contributed by atoms with Gasteiger partial charge in [-0.05, 0) is 36.4 Å². The number of rotatable bonds is 9. The Morgan fingerprint density at radius 1 is 1.04 bits per heavy atom. The van der Waals surface area contributed by atoms with Crippen molar-refractivity contribution in [1.29, 1.82) is 0 Å². The van der Waals surface area contributed by atoms with Crippen molar-refractivity contribution in [2.45, 2.75) is 6.54 Å². The minimum absolute atomic E-state index is 0.316. The van der Waals surface area contributed by atoms with Crippen LogP contribution < -0.4 is 20.1 Å². The highest BCUT2D eigenvalue weighted by Crippen LogP contribution is 2.18. The van der Waals surface area contributed by atoms with E-state index in [2.05, 4.69) is 15.7 Å². The molecule has 3 aromatic rings. The maximum absolute atomic E-state index is 12.0. The predicted molar refractivity (Wildman–Crippen MR) is 108 cm³/mol. The molecule has 0 atom stereocenters. The van der Waals surface area contributed by atoms with E-state index in [0.717, 1.165) is 0 Å². The van der Waals surface area contributed by atoms with Crippen molar-refractivity contribution in [3.8, 4) is 11.5 Å². The number of anilines is 1. The lowest BCUT2D eigenvalue weighted by Crippen LogP contribution is -2.32. The number of carbonyl (C=O) groups is 1. The summed E-state index contributed by atoms with van der Waals surface area (Å²) in [7, 11) is 0. The van der Waals surface area contributed by atoms with Gasteiger partial charge in [0.15, 0.2) is 0 Å². The average Bonchev–Trinajstić information content (AvgIpc) is 3.19. The molecule has 1 aromatic heterocycles. The van der Waals surface area contributed by atoms with E-state index < -0.39 is 0 Å². The van der Waals surface area contributed by atoms with Gasteiger partial charge in [-0.3, -0.25) is 4.68 Å². The first kappa shape index (κ1) is 19.6. The Morgan fingerprint density at radius 2 is 1.82 bits per heavy atom. The molecule has 0 saturated carbocycles. The highest BCUT2D eigenvalue weighted by atomic mass is 35.5. The van der Waals surface area contributed by atoms with Crippen molar-refractivity contribution in [1.82, 2.24) is 15.1 Å². The zero-order valence-corrected chi connectivity index (χ0v) is 15.9. The molecule has 0 saturated heterocycles. The highest BCUT2D eigenvalue weighted by molar-refractivity contribution is 6.30. The third-order valence-electron chi connectivity index (χ3n) is 3.69. The number of ether oxygens (including phenoxy) is 2. The van der Waals surface area contributed by atoms with Crippen LogP contribution in [0.4, 0.5) is 10.5 Å². The number of aromatic nitrogens is 2. The maximum atomic E-state index is 12.0. The monoisotopic (exact) mass is 400 g/mol. The largest absolute Gasteiger partial charge is 0.492 e. The van der Waals surface area contributed by atoms with Crippen LogP contribution in [0, 0.1) is 0 Å². The molecule has 2 N–H and O–H groups in total. The van der Waals surface area contributed by atoms with E-state index in [0.29, 0.717) is 48.5 Å². The Bertz CT molecular complexity index is 887. The van der Waals surface area contributed by atoms with Crippen LogP contribution in [0.25, 0.3) is 0 Å². The zero-order chi connectivity index (χ0) is 19.6. The highest BCUT2D eigenvalue weighted by Gasteiger charge is 2.03. The van der Waals surface area contributed by atoms with Crippen molar-refractivity contribution in [2.75, 3.05) is 25.1 Å². The fourth-order valence-corrected chi connectivity index (χ4v) is 2.60. The predicted octanol–water partition coefficient (Wildman–Crippen LogP) is 3.82. The number of nitrogens with zero attached hydrogens (tertiary/aromatic N) is 2. The van der Waals surface area contributed by atoms with Gasteiger partial charge in [0, 0.05) is 29.2 Å². The van der Waals surface area contributed by atoms with Crippen molar-refractivity contribution >= 4 is 23.3 Å². The molecule has 1 heterocycles. The third-order valence-corrected chi connectivity index (χ3v) is 3.93. The summed E-state index contributed by atoms with van der Waals surface area (Å²) in [6.07, 6.45) is 3.60. The Labute approximate surface area is 168 Å². The summed E-state index contributed by atoms with van der Waals surface area (Å²) in [5.41, 5.74) is 0.643. The second-order valence-electron chi connectivity index (χ2n) is 5.83. The molecule has 7 nitrogen and oxygen atoms in total. The Morgan fingerprint density at radius 3 is 2.61 bits per heavy atom. The molecular formula is C20H21ClN4O3. The first-order valence-electron chi connectivity index (χ1n) is 8.82. The molecule has 3 rings (SSSR count). The number of hydrogen-bond donors (Lipinski definition) is 2. The van der Waals surface area contributed by atoms with Crippen LogP contribution in [0.2, 0.25) is 5.02 Å². The molecule has 2 amide bonds. The molecule has 0 spiro atoms. The van der Waals surface area contributed by atoms with Gasteiger partial charge in [0.1, 0.15) is 24.7 Å². The first-order valence-corrected chi connectivity index (χ1v) is 9.20. The quantitative estimate of drug-likeness (QED) is 0.535.